The highest BCUT2D eigenvalue weighted by molar-refractivity contribution is 7.91. The second kappa shape index (κ2) is 8.00. The number of hydrogen-bond acceptors (Lipinski definition) is 5. The van der Waals surface area contributed by atoms with Gasteiger partial charge in [-0.15, -0.1) is 0 Å². The third kappa shape index (κ3) is 4.27. The Bertz CT molecular complexity index is 1200. The largest absolute Gasteiger partial charge is 0.481 e. The third-order valence-corrected chi connectivity index (χ3v) is 6.10. The highest BCUT2D eigenvalue weighted by atomic mass is 32.2. The number of hydrogen-bond donors (Lipinski definition) is 1. The van der Waals surface area contributed by atoms with Gasteiger partial charge in [0.2, 0.25) is 5.88 Å². The molecule has 3 rings (SSSR count). The number of pyridine rings is 1. The van der Waals surface area contributed by atoms with E-state index in [-0.39, 0.29) is 28.7 Å². The van der Waals surface area contributed by atoms with E-state index in [9.17, 15) is 22.7 Å². The first-order chi connectivity index (χ1) is 13.7. The van der Waals surface area contributed by atoms with Gasteiger partial charge in [-0.3, -0.25) is 4.79 Å². The summed E-state index contributed by atoms with van der Waals surface area (Å²) in [6.07, 6.45) is 2.35. The highest BCUT2D eigenvalue weighted by Gasteiger charge is 2.18. The minimum Gasteiger partial charge on any atom is -0.481 e. The van der Waals surface area contributed by atoms with Gasteiger partial charge in [0, 0.05) is 23.2 Å². The first-order valence-electron chi connectivity index (χ1n) is 8.71. The number of ether oxygens (including phenoxy) is 1. The van der Waals surface area contributed by atoms with Gasteiger partial charge in [0.15, 0.2) is 9.84 Å². The van der Waals surface area contributed by atoms with Crippen molar-refractivity contribution >= 4 is 32.7 Å². The predicted molar refractivity (Wildman–Crippen MR) is 107 cm³/mol. The van der Waals surface area contributed by atoms with Crippen molar-refractivity contribution in [1.29, 1.82) is 0 Å². The van der Waals surface area contributed by atoms with Crippen molar-refractivity contribution in [2.24, 2.45) is 0 Å². The molecule has 1 heterocycles. The third-order valence-electron chi connectivity index (χ3n) is 4.38. The Hall–Kier alpha value is -3.26. The average Bonchev–Trinajstić information content (AvgIpc) is 2.68. The van der Waals surface area contributed by atoms with Gasteiger partial charge in [-0.25, -0.2) is 17.8 Å². The van der Waals surface area contributed by atoms with Crippen molar-refractivity contribution in [2.75, 3.05) is 5.75 Å². The van der Waals surface area contributed by atoms with E-state index in [1.54, 1.807) is 6.07 Å². The molecule has 0 saturated carbocycles. The molecule has 0 aliphatic rings. The lowest BCUT2D eigenvalue weighted by atomic mass is 9.97. The van der Waals surface area contributed by atoms with E-state index in [0.29, 0.717) is 21.9 Å². The molecule has 150 valence electrons. The van der Waals surface area contributed by atoms with Crippen LogP contribution in [-0.4, -0.2) is 30.2 Å². The fraction of sp³-hybridized carbons (Fsp3) is 0.143. The number of halogens is 1. The molecule has 8 heteroatoms. The Kier molecular flexibility index (Phi) is 5.65. The SMILES string of the molecule is C=Cc1c(CC(=O)O)cc2ccc(F)cc2c1Oc1ccc(S(=O)(=O)CC)cn1. The predicted octanol–water partition coefficient (Wildman–Crippen LogP) is 4.23. The van der Waals surface area contributed by atoms with Gasteiger partial charge in [-0.2, -0.15) is 0 Å². The van der Waals surface area contributed by atoms with Gasteiger partial charge in [0.1, 0.15) is 11.6 Å². The Balaban J connectivity index is 2.15. The van der Waals surface area contributed by atoms with Crippen LogP contribution in [0, 0.1) is 5.82 Å². The maximum atomic E-state index is 13.9. The molecule has 0 bridgehead atoms. The van der Waals surface area contributed by atoms with E-state index < -0.39 is 21.6 Å². The summed E-state index contributed by atoms with van der Waals surface area (Å²) in [5.74, 6) is -1.29. The van der Waals surface area contributed by atoms with Gasteiger partial charge < -0.3 is 9.84 Å². The molecule has 29 heavy (non-hydrogen) atoms. The molecule has 0 saturated heterocycles. The van der Waals surface area contributed by atoms with Crippen LogP contribution in [0.15, 0.2) is 54.1 Å². The molecule has 3 aromatic rings. The van der Waals surface area contributed by atoms with Crippen LogP contribution >= 0.6 is 0 Å². The molecule has 0 unspecified atom stereocenters. The number of aromatic nitrogens is 1. The molecule has 0 aliphatic heterocycles. The maximum Gasteiger partial charge on any atom is 0.307 e. The van der Waals surface area contributed by atoms with Crippen LogP contribution in [0.1, 0.15) is 18.1 Å². The van der Waals surface area contributed by atoms with Crippen molar-refractivity contribution in [1.82, 2.24) is 4.98 Å². The lowest BCUT2D eigenvalue weighted by Gasteiger charge is -2.15. The monoisotopic (exact) mass is 415 g/mol. The Morgan fingerprint density at radius 2 is 2.03 bits per heavy atom. The van der Waals surface area contributed by atoms with E-state index >= 15 is 0 Å². The number of carbonyl (C=O) groups is 1. The molecule has 6 nitrogen and oxygen atoms in total. The van der Waals surface area contributed by atoms with Crippen LogP contribution in [0.25, 0.3) is 16.8 Å². The van der Waals surface area contributed by atoms with Gasteiger partial charge in [0.25, 0.3) is 0 Å². The number of rotatable bonds is 7. The first kappa shape index (κ1) is 20.5. The number of carboxylic acid groups (broad SMARTS) is 1. The van der Waals surface area contributed by atoms with Crippen LogP contribution in [0.2, 0.25) is 0 Å². The molecule has 0 fully saturated rings. The van der Waals surface area contributed by atoms with Crippen molar-refractivity contribution in [3.05, 3.63) is 66.1 Å². The van der Waals surface area contributed by atoms with Crippen molar-refractivity contribution in [2.45, 2.75) is 18.2 Å². The Labute approximate surface area is 167 Å². The summed E-state index contributed by atoms with van der Waals surface area (Å²) in [5, 5.41) is 10.2. The highest BCUT2D eigenvalue weighted by Crippen LogP contribution is 2.37. The first-order valence-corrected chi connectivity index (χ1v) is 10.4. The number of fused-ring (bicyclic) bond motifs is 1. The topological polar surface area (TPSA) is 93.6 Å². The van der Waals surface area contributed by atoms with E-state index in [4.69, 9.17) is 4.74 Å². The Morgan fingerprint density at radius 3 is 2.62 bits per heavy atom. The summed E-state index contributed by atoms with van der Waals surface area (Å²) in [5.41, 5.74) is 0.851. The zero-order valence-electron chi connectivity index (χ0n) is 15.6. The number of nitrogens with zero attached hydrogens (tertiary/aromatic N) is 1. The molecule has 0 aliphatic carbocycles. The minimum absolute atomic E-state index is 0.0589. The number of carboxylic acids is 1. The normalized spacial score (nSPS) is 11.4. The number of benzene rings is 2. The fourth-order valence-corrected chi connectivity index (χ4v) is 3.75. The van der Waals surface area contributed by atoms with Crippen LogP contribution in [-0.2, 0) is 21.1 Å². The van der Waals surface area contributed by atoms with E-state index in [1.165, 1.54) is 49.5 Å². The van der Waals surface area contributed by atoms with Gasteiger partial charge in [-0.1, -0.05) is 25.6 Å². The van der Waals surface area contributed by atoms with Gasteiger partial charge in [0.05, 0.1) is 17.1 Å². The van der Waals surface area contributed by atoms with Crippen molar-refractivity contribution < 1.29 is 27.4 Å². The van der Waals surface area contributed by atoms with Crippen LogP contribution < -0.4 is 4.74 Å². The number of aliphatic carboxylic acids is 1. The van der Waals surface area contributed by atoms with E-state index in [1.807, 2.05) is 0 Å². The fourth-order valence-electron chi connectivity index (χ4n) is 2.93. The summed E-state index contributed by atoms with van der Waals surface area (Å²) in [4.78, 5) is 15.4. The van der Waals surface area contributed by atoms with Crippen LogP contribution in [0.5, 0.6) is 11.6 Å². The summed E-state index contributed by atoms with van der Waals surface area (Å²) >= 11 is 0. The van der Waals surface area contributed by atoms with Crippen LogP contribution in [0.4, 0.5) is 4.39 Å². The summed E-state index contributed by atoms with van der Waals surface area (Å²) < 4.78 is 43.6. The standard InChI is InChI=1S/C21H18FNO5S/c1-3-17-14(10-20(24)25)9-13-5-6-15(22)11-18(13)21(17)28-19-8-7-16(12-23-19)29(26,27)4-2/h3,5-9,11-12H,1,4,10H2,2H3,(H,24,25). The summed E-state index contributed by atoms with van der Waals surface area (Å²) in [7, 11) is -3.41. The zero-order valence-corrected chi connectivity index (χ0v) is 16.4. The second-order valence-electron chi connectivity index (χ2n) is 6.26. The molecule has 0 amide bonds. The summed E-state index contributed by atoms with van der Waals surface area (Å²) in [6.45, 7) is 5.25. The quantitative estimate of drug-likeness (QED) is 0.621. The maximum absolute atomic E-state index is 13.9. The molecule has 2 aromatic carbocycles. The van der Waals surface area contributed by atoms with Crippen LogP contribution in [0.3, 0.4) is 0 Å². The smallest absolute Gasteiger partial charge is 0.307 e. The molecule has 0 radical (unpaired) electrons. The number of sulfone groups is 1. The minimum atomic E-state index is -3.41. The molecule has 0 atom stereocenters. The average molecular weight is 415 g/mol. The molecular formula is C21H18FNO5S. The van der Waals surface area contributed by atoms with Crippen molar-refractivity contribution in [3.8, 4) is 11.6 Å². The Morgan fingerprint density at radius 1 is 1.28 bits per heavy atom. The lowest BCUT2D eigenvalue weighted by Crippen LogP contribution is -2.05. The van der Waals surface area contributed by atoms with E-state index in [2.05, 4.69) is 11.6 Å². The second-order valence-corrected chi connectivity index (χ2v) is 8.53. The molecule has 1 N–H and O–H groups in total. The van der Waals surface area contributed by atoms with Crippen molar-refractivity contribution in [3.63, 3.8) is 0 Å². The molecule has 1 aromatic heterocycles. The van der Waals surface area contributed by atoms with E-state index in [0.717, 1.165) is 0 Å². The molecule has 0 spiro atoms. The zero-order chi connectivity index (χ0) is 21.2. The van der Waals surface area contributed by atoms with Gasteiger partial charge >= 0.3 is 5.97 Å². The molecular weight excluding hydrogens is 397 g/mol. The lowest BCUT2D eigenvalue weighted by molar-refractivity contribution is -0.136. The summed E-state index contributed by atoms with van der Waals surface area (Å²) in [6, 6.07) is 8.49. The van der Waals surface area contributed by atoms with Gasteiger partial charge in [-0.05, 0) is 35.2 Å².